The minimum Gasteiger partial charge on any atom is -0.484 e. The van der Waals surface area contributed by atoms with Crippen LogP contribution in [0.1, 0.15) is 17.5 Å². The third kappa shape index (κ3) is 7.30. The minimum absolute atomic E-state index is 0.0549. The lowest BCUT2D eigenvalue weighted by molar-refractivity contribution is -0.136. The zero-order valence-corrected chi connectivity index (χ0v) is 14.8. The van der Waals surface area contributed by atoms with Crippen molar-refractivity contribution in [2.45, 2.75) is 19.1 Å². The molecule has 2 rings (SSSR count). The molecule has 0 fully saturated rings. The average molecular weight is 359 g/mol. The summed E-state index contributed by atoms with van der Waals surface area (Å²) in [5, 5.41) is 11.4. The molecule has 0 saturated heterocycles. The molecular weight excluding hydrogens is 338 g/mol. The van der Waals surface area contributed by atoms with Gasteiger partial charge in [0.25, 0.3) is 5.91 Å². The number of carbonyl (C=O) groups excluding carboxylic acids is 1. The second-order valence-electron chi connectivity index (χ2n) is 5.55. The SMILES string of the molecule is Cc1ccc(OCC(=O)Nc2cccc(CSCCC(=O)O)c2)cc1. The second kappa shape index (κ2) is 9.74. The summed E-state index contributed by atoms with van der Waals surface area (Å²) in [5.41, 5.74) is 2.87. The molecule has 0 radical (unpaired) electrons. The maximum Gasteiger partial charge on any atom is 0.304 e. The predicted molar refractivity (Wildman–Crippen MR) is 100 cm³/mol. The monoisotopic (exact) mass is 359 g/mol. The highest BCUT2D eigenvalue weighted by Crippen LogP contribution is 2.17. The van der Waals surface area contributed by atoms with Gasteiger partial charge in [-0.3, -0.25) is 9.59 Å². The number of thioether (sulfide) groups is 1. The van der Waals surface area contributed by atoms with Crippen LogP contribution in [0.25, 0.3) is 0 Å². The molecule has 0 aromatic heterocycles. The van der Waals surface area contributed by atoms with E-state index in [-0.39, 0.29) is 18.9 Å². The Labute approximate surface area is 151 Å². The van der Waals surface area contributed by atoms with Crippen LogP contribution in [0.2, 0.25) is 0 Å². The molecule has 5 nitrogen and oxygen atoms in total. The molecule has 0 unspecified atom stereocenters. The zero-order valence-electron chi connectivity index (χ0n) is 14.0. The lowest BCUT2D eigenvalue weighted by atomic mass is 10.2. The van der Waals surface area contributed by atoms with Crippen molar-refractivity contribution in [3.8, 4) is 5.75 Å². The summed E-state index contributed by atoms with van der Waals surface area (Å²) in [5.74, 6) is 0.912. The van der Waals surface area contributed by atoms with Crippen LogP contribution in [0.5, 0.6) is 5.75 Å². The van der Waals surface area contributed by atoms with E-state index >= 15 is 0 Å². The number of aryl methyl sites for hydroxylation is 1. The number of carboxylic acids is 1. The van der Waals surface area contributed by atoms with E-state index < -0.39 is 5.97 Å². The van der Waals surface area contributed by atoms with Gasteiger partial charge < -0.3 is 15.2 Å². The highest BCUT2D eigenvalue weighted by atomic mass is 32.2. The van der Waals surface area contributed by atoms with E-state index in [0.29, 0.717) is 22.9 Å². The van der Waals surface area contributed by atoms with Crippen molar-refractivity contribution in [1.29, 1.82) is 0 Å². The number of anilines is 1. The summed E-state index contributed by atoms with van der Waals surface area (Å²) in [7, 11) is 0. The standard InChI is InChI=1S/C19H21NO4S/c1-14-5-7-17(8-6-14)24-12-18(21)20-16-4-2-3-15(11-16)13-25-10-9-19(22)23/h2-8,11H,9-10,12-13H2,1H3,(H,20,21)(H,22,23). The first kappa shape index (κ1) is 18.9. The fraction of sp³-hybridized carbons (Fsp3) is 0.263. The molecule has 0 aliphatic heterocycles. The summed E-state index contributed by atoms with van der Waals surface area (Å²) in [4.78, 5) is 22.5. The number of carboxylic acid groups (broad SMARTS) is 1. The van der Waals surface area contributed by atoms with Gasteiger partial charge in [-0.15, -0.1) is 0 Å². The van der Waals surface area contributed by atoms with E-state index in [0.717, 1.165) is 11.1 Å². The number of ether oxygens (including phenoxy) is 1. The van der Waals surface area contributed by atoms with Gasteiger partial charge >= 0.3 is 5.97 Å². The summed E-state index contributed by atoms with van der Waals surface area (Å²) < 4.78 is 5.46. The first-order chi connectivity index (χ1) is 12.0. The van der Waals surface area contributed by atoms with E-state index in [1.54, 1.807) is 11.8 Å². The van der Waals surface area contributed by atoms with Crippen molar-refractivity contribution in [3.63, 3.8) is 0 Å². The van der Waals surface area contributed by atoms with E-state index in [9.17, 15) is 9.59 Å². The van der Waals surface area contributed by atoms with Crippen LogP contribution in [0, 0.1) is 6.92 Å². The first-order valence-corrected chi connectivity index (χ1v) is 9.06. The molecule has 2 N–H and O–H groups in total. The highest BCUT2D eigenvalue weighted by molar-refractivity contribution is 7.98. The van der Waals surface area contributed by atoms with Crippen LogP contribution in [-0.4, -0.2) is 29.3 Å². The topological polar surface area (TPSA) is 75.6 Å². The second-order valence-corrected chi connectivity index (χ2v) is 6.65. The van der Waals surface area contributed by atoms with Crippen molar-refractivity contribution in [2.24, 2.45) is 0 Å². The first-order valence-electron chi connectivity index (χ1n) is 7.91. The third-order valence-electron chi connectivity index (χ3n) is 3.33. The molecule has 0 heterocycles. The smallest absolute Gasteiger partial charge is 0.304 e. The molecule has 2 aromatic rings. The Morgan fingerprint density at radius 1 is 1.16 bits per heavy atom. The molecule has 0 spiro atoms. The maximum atomic E-state index is 12.0. The molecule has 0 aliphatic carbocycles. The molecule has 25 heavy (non-hydrogen) atoms. The molecule has 0 aliphatic rings. The van der Waals surface area contributed by atoms with Crippen LogP contribution < -0.4 is 10.1 Å². The quantitative estimate of drug-likeness (QED) is 0.668. The summed E-state index contributed by atoms with van der Waals surface area (Å²) in [6, 6.07) is 15.0. The number of rotatable bonds is 9. The van der Waals surface area contributed by atoms with Gasteiger partial charge in [0.1, 0.15) is 5.75 Å². The molecule has 6 heteroatoms. The number of aliphatic carboxylic acids is 1. The maximum absolute atomic E-state index is 12.0. The lowest BCUT2D eigenvalue weighted by Gasteiger charge is -2.09. The van der Waals surface area contributed by atoms with E-state index in [2.05, 4.69) is 5.32 Å². The number of carbonyl (C=O) groups is 2. The summed E-state index contributed by atoms with van der Waals surface area (Å²) in [6.07, 6.45) is 0.150. The molecule has 0 saturated carbocycles. The zero-order chi connectivity index (χ0) is 18.1. The Hall–Kier alpha value is -2.47. The van der Waals surface area contributed by atoms with Crippen molar-refractivity contribution < 1.29 is 19.4 Å². The Bertz CT molecular complexity index is 716. The molecular formula is C19H21NO4S. The van der Waals surface area contributed by atoms with E-state index in [1.807, 2.05) is 55.5 Å². The van der Waals surface area contributed by atoms with Gasteiger partial charge in [0, 0.05) is 17.2 Å². The summed E-state index contributed by atoms with van der Waals surface area (Å²) in [6.45, 7) is 1.93. The largest absolute Gasteiger partial charge is 0.484 e. The number of nitrogens with one attached hydrogen (secondary N) is 1. The normalized spacial score (nSPS) is 10.3. The molecule has 0 atom stereocenters. The van der Waals surface area contributed by atoms with Gasteiger partial charge in [-0.1, -0.05) is 29.8 Å². The van der Waals surface area contributed by atoms with Crippen LogP contribution in [0.3, 0.4) is 0 Å². The molecule has 2 aromatic carbocycles. The van der Waals surface area contributed by atoms with Crippen molar-refractivity contribution >= 4 is 29.3 Å². The summed E-state index contributed by atoms with van der Waals surface area (Å²) >= 11 is 1.55. The minimum atomic E-state index is -0.790. The number of amides is 1. The Balaban J connectivity index is 1.78. The Kier molecular flexibility index (Phi) is 7.35. The van der Waals surface area contributed by atoms with E-state index in [4.69, 9.17) is 9.84 Å². The number of benzene rings is 2. The van der Waals surface area contributed by atoms with Crippen LogP contribution >= 0.6 is 11.8 Å². The molecule has 132 valence electrons. The predicted octanol–water partition coefficient (Wildman–Crippen LogP) is 3.72. The molecule has 0 bridgehead atoms. The fourth-order valence-corrected chi connectivity index (χ4v) is 2.95. The van der Waals surface area contributed by atoms with Gasteiger partial charge in [0.2, 0.25) is 0 Å². The third-order valence-corrected chi connectivity index (χ3v) is 4.36. The highest BCUT2D eigenvalue weighted by Gasteiger charge is 2.05. The van der Waals surface area contributed by atoms with Crippen molar-refractivity contribution in [2.75, 3.05) is 17.7 Å². The van der Waals surface area contributed by atoms with E-state index in [1.165, 1.54) is 0 Å². The van der Waals surface area contributed by atoms with Gasteiger partial charge in [0.05, 0.1) is 6.42 Å². The van der Waals surface area contributed by atoms with Crippen LogP contribution in [0.4, 0.5) is 5.69 Å². The average Bonchev–Trinajstić information content (AvgIpc) is 2.58. The van der Waals surface area contributed by atoms with Gasteiger partial charge in [0.15, 0.2) is 6.61 Å². The van der Waals surface area contributed by atoms with Gasteiger partial charge in [-0.25, -0.2) is 0 Å². The van der Waals surface area contributed by atoms with Crippen molar-refractivity contribution in [1.82, 2.24) is 0 Å². The van der Waals surface area contributed by atoms with Crippen LogP contribution in [0.15, 0.2) is 48.5 Å². The fourth-order valence-electron chi connectivity index (χ4n) is 2.07. The van der Waals surface area contributed by atoms with Gasteiger partial charge in [-0.05, 0) is 36.8 Å². The molecule has 1 amide bonds. The lowest BCUT2D eigenvalue weighted by Crippen LogP contribution is -2.20. The number of hydrogen-bond acceptors (Lipinski definition) is 4. The van der Waals surface area contributed by atoms with Crippen molar-refractivity contribution in [3.05, 3.63) is 59.7 Å². The van der Waals surface area contributed by atoms with Crippen LogP contribution in [-0.2, 0) is 15.3 Å². The number of hydrogen-bond donors (Lipinski definition) is 2. The van der Waals surface area contributed by atoms with Gasteiger partial charge in [-0.2, -0.15) is 11.8 Å². The Morgan fingerprint density at radius 2 is 1.92 bits per heavy atom. The Morgan fingerprint density at radius 3 is 2.64 bits per heavy atom.